The van der Waals surface area contributed by atoms with E-state index in [1.54, 1.807) is 6.07 Å². The van der Waals surface area contributed by atoms with Gasteiger partial charge in [0.2, 0.25) is 0 Å². The molecule has 9 heteroatoms. The van der Waals surface area contributed by atoms with E-state index < -0.39 is 12.2 Å². The number of ether oxygens (including phenoxy) is 2. The van der Waals surface area contributed by atoms with Crippen molar-refractivity contribution in [2.24, 2.45) is 0 Å². The topological polar surface area (TPSA) is 92.8 Å². The van der Waals surface area contributed by atoms with Crippen LogP contribution in [0.15, 0.2) is 24.3 Å². The van der Waals surface area contributed by atoms with Gasteiger partial charge in [0, 0.05) is 31.1 Å². The second-order valence-electron chi connectivity index (χ2n) is 8.61. The first-order valence-electron chi connectivity index (χ1n) is 11.5. The minimum Gasteiger partial charge on any atom is -0.453 e. The van der Waals surface area contributed by atoms with Crippen LogP contribution in [0.1, 0.15) is 43.5 Å². The predicted molar refractivity (Wildman–Crippen MR) is 121 cm³/mol. The molecule has 1 aromatic carbocycles. The normalized spacial score (nSPS) is 19.2. The van der Waals surface area contributed by atoms with Crippen LogP contribution < -0.4 is 10.6 Å². The van der Waals surface area contributed by atoms with Gasteiger partial charge in [-0.1, -0.05) is 0 Å². The molecule has 2 aliphatic rings. The van der Waals surface area contributed by atoms with E-state index in [0.29, 0.717) is 38.1 Å². The number of aromatic nitrogens is 1. The molecule has 1 aliphatic heterocycles. The smallest absolute Gasteiger partial charge is 0.406 e. The lowest BCUT2D eigenvalue weighted by Crippen LogP contribution is -2.50. The largest absolute Gasteiger partial charge is 0.453 e. The fourth-order valence-corrected chi connectivity index (χ4v) is 4.33. The van der Waals surface area contributed by atoms with Gasteiger partial charge in [-0.2, -0.15) is 0 Å². The van der Waals surface area contributed by atoms with E-state index in [1.165, 1.54) is 19.2 Å². The first-order valence-corrected chi connectivity index (χ1v) is 11.5. The van der Waals surface area contributed by atoms with E-state index in [4.69, 9.17) is 9.72 Å². The van der Waals surface area contributed by atoms with Crippen LogP contribution in [-0.4, -0.2) is 67.4 Å². The Morgan fingerprint density at radius 3 is 2.88 bits per heavy atom. The van der Waals surface area contributed by atoms with Crippen LogP contribution in [0.4, 0.5) is 9.18 Å². The van der Waals surface area contributed by atoms with Crippen LogP contribution in [-0.2, 0) is 20.7 Å². The van der Waals surface area contributed by atoms with E-state index in [9.17, 15) is 14.0 Å². The number of alkyl carbamates (subject to hydrolysis) is 1. The van der Waals surface area contributed by atoms with Gasteiger partial charge in [-0.15, -0.1) is 0 Å². The summed E-state index contributed by atoms with van der Waals surface area (Å²) in [5.41, 5.74) is 2.40. The number of hydrogen-bond donors (Lipinski definition) is 2. The highest BCUT2D eigenvalue weighted by Crippen LogP contribution is 2.36. The Hall–Kier alpha value is -2.78. The Labute approximate surface area is 192 Å². The summed E-state index contributed by atoms with van der Waals surface area (Å²) >= 11 is 0. The molecule has 1 aromatic heterocycles. The molecule has 2 atom stereocenters. The van der Waals surface area contributed by atoms with Crippen molar-refractivity contribution in [3.05, 3.63) is 41.3 Å². The Morgan fingerprint density at radius 1 is 1.36 bits per heavy atom. The number of fused-ring (bicyclic) bond motifs is 1. The molecular weight excluding hydrogens is 427 g/mol. The monoisotopic (exact) mass is 458 g/mol. The number of halogens is 1. The molecule has 0 unspecified atom stereocenters. The lowest BCUT2D eigenvalue weighted by atomic mass is 10.0. The molecule has 8 nitrogen and oxygen atoms in total. The molecule has 2 aromatic rings. The maximum atomic E-state index is 14.0. The van der Waals surface area contributed by atoms with Crippen LogP contribution in [0.3, 0.4) is 0 Å². The molecule has 0 radical (unpaired) electrons. The lowest BCUT2D eigenvalue weighted by Gasteiger charge is -2.34. The van der Waals surface area contributed by atoms with E-state index >= 15 is 0 Å². The zero-order chi connectivity index (χ0) is 23.4. The summed E-state index contributed by atoms with van der Waals surface area (Å²) in [6.07, 6.45) is 2.26. The third-order valence-electron chi connectivity index (χ3n) is 6.20. The molecule has 2 heterocycles. The molecule has 4 rings (SSSR count). The van der Waals surface area contributed by atoms with Crippen molar-refractivity contribution in [1.82, 2.24) is 20.5 Å². The molecule has 2 amide bonds. The molecule has 178 valence electrons. The van der Waals surface area contributed by atoms with Gasteiger partial charge in [-0.25, -0.2) is 9.18 Å². The Kier molecular flexibility index (Phi) is 7.39. The van der Waals surface area contributed by atoms with Crippen molar-refractivity contribution < 1.29 is 23.5 Å². The molecular formula is C24H31FN4O4. The summed E-state index contributed by atoms with van der Waals surface area (Å²) in [6.45, 7) is 4.21. The van der Waals surface area contributed by atoms with E-state index in [0.717, 1.165) is 36.0 Å². The zero-order valence-corrected chi connectivity index (χ0v) is 19.1. The number of carbonyl (C=O) groups is 2. The van der Waals surface area contributed by atoms with Crippen molar-refractivity contribution in [1.29, 1.82) is 0 Å². The molecule has 0 spiro atoms. The number of hydrogen-bond acceptors (Lipinski definition) is 6. The summed E-state index contributed by atoms with van der Waals surface area (Å²) in [6, 6.07) is 6.48. The standard InChI is InChI=1S/C24H31FN4O4/c1-15(29(18-6-7-18)23(30)22-14-26-10-11-33-22)21-12-16(4-3-9-27-24(31)32-2)19-13-17(25)5-8-20(19)28-21/h5,8,12-13,15,18,22,26H,3-4,6-7,9-11,14H2,1-2H3,(H,27,31)/t15-,22-/m1/s1. The van der Waals surface area contributed by atoms with Gasteiger partial charge in [0.15, 0.2) is 0 Å². The van der Waals surface area contributed by atoms with Crippen LogP contribution >= 0.6 is 0 Å². The van der Waals surface area contributed by atoms with Crippen molar-refractivity contribution in [3.63, 3.8) is 0 Å². The van der Waals surface area contributed by atoms with Crippen molar-refractivity contribution >= 4 is 22.9 Å². The quantitative estimate of drug-likeness (QED) is 0.591. The Balaban J connectivity index is 1.59. The molecule has 2 fully saturated rings. The fraction of sp³-hybridized carbons (Fsp3) is 0.542. The zero-order valence-electron chi connectivity index (χ0n) is 19.1. The molecule has 2 N–H and O–H groups in total. The van der Waals surface area contributed by atoms with Gasteiger partial charge < -0.3 is 25.0 Å². The van der Waals surface area contributed by atoms with Crippen molar-refractivity contribution in [3.8, 4) is 0 Å². The van der Waals surface area contributed by atoms with E-state index in [1.807, 2.05) is 17.9 Å². The van der Waals surface area contributed by atoms with Crippen molar-refractivity contribution in [2.45, 2.75) is 50.8 Å². The minimum atomic E-state index is -0.486. The fourth-order valence-electron chi connectivity index (χ4n) is 4.33. The third kappa shape index (κ3) is 5.59. The first kappa shape index (κ1) is 23.4. The highest BCUT2D eigenvalue weighted by atomic mass is 19.1. The third-order valence-corrected chi connectivity index (χ3v) is 6.20. The van der Waals surface area contributed by atoms with Crippen molar-refractivity contribution in [2.75, 3.05) is 33.4 Å². The lowest BCUT2D eigenvalue weighted by molar-refractivity contribution is -0.148. The molecule has 1 saturated heterocycles. The van der Waals surface area contributed by atoms with Crippen LogP contribution in [0.2, 0.25) is 0 Å². The van der Waals surface area contributed by atoms with Crippen LogP contribution in [0, 0.1) is 5.82 Å². The van der Waals surface area contributed by atoms with Gasteiger partial charge in [0.05, 0.1) is 31.0 Å². The number of methoxy groups -OCH3 is 1. The van der Waals surface area contributed by atoms with Gasteiger partial charge in [0.1, 0.15) is 11.9 Å². The number of pyridine rings is 1. The maximum Gasteiger partial charge on any atom is 0.406 e. The average molecular weight is 459 g/mol. The van der Waals surface area contributed by atoms with Gasteiger partial charge >= 0.3 is 6.09 Å². The van der Waals surface area contributed by atoms with Gasteiger partial charge in [-0.3, -0.25) is 9.78 Å². The first-order chi connectivity index (χ1) is 16.0. The van der Waals surface area contributed by atoms with E-state index in [2.05, 4.69) is 15.4 Å². The average Bonchev–Trinajstić information content (AvgIpc) is 3.67. The summed E-state index contributed by atoms with van der Waals surface area (Å²) in [4.78, 5) is 31.4. The number of amides is 2. The van der Waals surface area contributed by atoms with Gasteiger partial charge in [-0.05, 0) is 62.4 Å². The van der Waals surface area contributed by atoms with E-state index in [-0.39, 0.29) is 23.8 Å². The molecule has 33 heavy (non-hydrogen) atoms. The predicted octanol–water partition coefficient (Wildman–Crippen LogP) is 2.70. The second-order valence-corrected chi connectivity index (χ2v) is 8.61. The van der Waals surface area contributed by atoms with Crippen LogP contribution in [0.5, 0.6) is 0 Å². The highest BCUT2D eigenvalue weighted by molar-refractivity contribution is 5.84. The molecule has 1 aliphatic carbocycles. The maximum absolute atomic E-state index is 14.0. The summed E-state index contributed by atoms with van der Waals surface area (Å²) in [5, 5.41) is 6.64. The summed E-state index contributed by atoms with van der Waals surface area (Å²) < 4.78 is 24.3. The number of carbonyl (C=O) groups excluding carboxylic acids is 2. The Bertz CT molecular complexity index is 1010. The Morgan fingerprint density at radius 2 is 2.18 bits per heavy atom. The van der Waals surface area contributed by atoms with Crippen LogP contribution in [0.25, 0.3) is 10.9 Å². The number of nitrogens with one attached hydrogen (secondary N) is 2. The summed E-state index contributed by atoms with van der Waals surface area (Å²) in [7, 11) is 1.32. The second kappa shape index (κ2) is 10.4. The number of rotatable bonds is 8. The van der Waals surface area contributed by atoms with Gasteiger partial charge in [0.25, 0.3) is 5.91 Å². The number of nitrogens with zero attached hydrogens (tertiary/aromatic N) is 2. The minimum absolute atomic E-state index is 0.0120. The number of morpholine rings is 1. The molecule has 1 saturated carbocycles. The number of aryl methyl sites for hydroxylation is 1. The number of benzene rings is 1. The molecule has 0 bridgehead atoms. The highest BCUT2D eigenvalue weighted by Gasteiger charge is 2.40. The SMILES string of the molecule is COC(=O)NCCCc1cc([C@@H](C)N(C(=O)[C@H]2CNCCO2)C2CC2)nc2ccc(F)cc12. The summed E-state index contributed by atoms with van der Waals surface area (Å²) in [5.74, 6) is -0.335.